The predicted octanol–water partition coefficient (Wildman–Crippen LogP) is 4.22. The Morgan fingerprint density at radius 3 is 2.54 bits per heavy atom. The molecule has 0 spiro atoms. The van der Waals surface area contributed by atoms with Crippen LogP contribution < -0.4 is 5.32 Å². The quantitative estimate of drug-likeness (QED) is 0.671. The van der Waals surface area contributed by atoms with Crippen molar-refractivity contribution in [1.29, 1.82) is 0 Å². The second kappa shape index (κ2) is 7.97. The number of benzene rings is 2. The minimum Gasteiger partial charge on any atom is -0.355 e. The molecule has 1 heterocycles. The fourth-order valence-electron chi connectivity index (χ4n) is 3.72. The van der Waals surface area contributed by atoms with E-state index in [2.05, 4.69) is 39.7 Å². The third kappa shape index (κ3) is 3.98. The lowest BCUT2D eigenvalue weighted by molar-refractivity contribution is -0.121. The summed E-state index contributed by atoms with van der Waals surface area (Å²) in [5.41, 5.74) is 3.52. The molecule has 0 saturated heterocycles. The lowest BCUT2D eigenvalue weighted by Gasteiger charge is -2.42. The molecule has 1 saturated carbocycles. The van der Waals surface area contributed by atoms with Gasteiger partial charge in [0.05, 0.1) is 0 Å². The van der Waals surface area contributed by atoms with Gasteiger partial charge in [-0.05, 0) is 25.3 Å². The maximum atomic E-state index is 12.3. The van der Waals surface area contributed by atoms with E-state index in [0.717, 1.165) is 18.4 Å². The van der Waals surface area contributed by atoms with Crippen molar-refractivity contribution in [3.8, 4) is 11.4 Å². The Morgan fingerprint density at radius 1 is 1.11 bits per heavy atom. The first-order valence-corrected chi connectivity index (χ1v) is 9.87. The Morgan fingerprint density at radius 2 is 1.86 bits per heavy atom. The van der Waals surface area contributed by atoms with Crippen LogP contribution in [0.2, 0.25) is 0 Å². The minimum atomic E-state index is 0.0253. The van der Waals surface area contributed by atoms with E-state index in [1.54, 1.807) is 0 Å². The van der Waals surface area contributed by atoms with E-state index in [-0.39, 0.29) is 11.3 Å². The summed E-state index contributed by atoms with van der Waals surface area (Å²) in [6, 6.07) is 18.5. The molecule has 1 aliphatic rings. The molecule has 0 bridgehead atoms. The molecule has 1 N–H and O–H groups in total. The summed E-state index contributed by atoms with van der Waals surface area (Å²) >= 11 is 0. The van der Waals surface area contributed by atoms with Crippen molar-refractivity contribution in [3.05, 3.63) is 71.6 Å². The Balaban J connectivity index is 1.30. The number of rotatable bonds is 7. The molecule has 0 atom stereocenters. The molecule has 4 rings (SSSR count). The first-order chi connectivity index (χ1) is 13.6. The van der Waals surface area contributed by atoms with Crippen LogP contribution in [0.4, 0.5) is 0 Å². The van der Waals surface area contributed by atoms with E-state index in [0.29, 0.717) is 31.1 Å². The number of nitrogens with one attached hydrogen (secondary N) is 1. The smallest absolute Gasteiger partial charge is 0.227 e. The van der Waals surface area contributed by atoms with Crippen LogP contribution in [-0.2, 0) is 16.6 Å². The van der Waals surface area contributed by atoms with Crippen LogP contribution >= 0.6 is 0 Å². The molecular formula is C23H25N3O2. The van der Waals surface area contributed by atoms with E-state index in [1.807, 2.05) is 37.3 Å². The van der Waals surface area contributed by atoms with E-state index < -0.39 is 0 Å². The minimum absolute atomic E-state index is 0.0253. The summed E-state index contributed by atoms with van der Waals surface area (Å²) in [4.78, 5) is 16.8. The van der Waals surface area contributed by atoms with E-state index >= 15 is 0 Å². The van der Waals surface area contributed by atoms with Gasteiger partial charge in [0, 0.05) is 30.4 Å². The van der Waals surface area contributed by atoms with Crippen molar-refractivity contribution >= 4 is 5.91 Å². The second-order valence-electron chi connectivity index (χ2n) is 7.65. The molecule has 0 radical (unpaired) electrons. The maximum Gasteiger partial charge on any atom is 0.227 e. The number of hydrogen-bond acceptors (Lipinski definition) is 4. The summed E-state index contributed by atoms with van der Waals surface area (Å²) in [7, 11) is 0. The predicted molar refractivity (Wildman–Crippen MR) is 108 cm³/mol. The van der Waals surface area contributed by atoms with Crippen LogP contribution in [-0.4, -0.2) is 22.6 Å². The second-order valence-corrected chi connectivity index (χ2v) is 7.65. The Labute approximate surface area is 165 Å². The van der Waals surface area contributed by atoms with Crippen molar-refractivity contribution < 1.29 is 9.32 Å². The zero-order valence-electron chi connectivity index (χ0n) is 16.1. The summed E-state index contributed by atoms with van der Waals surface area (Å²) < 4.78 is 5.31. The molecule has 5 heteroatoms. The van der Waals surface area contributed by atoms with E-state index in [9.17, 15) is 4.79 Å². The number of hydrogen-bond donors (Lipinski definition) is 1. The third-order valence-corrected chi connectivity index (χ3v) is 5.66. The third-order valence-electron chi connectivity index (χ3n) is 5.66. The first-order valence-electron chi connectivity index (χ1n) is 9.87. The molecule has 1 fully saturated rings. The Bertz CT molecular complexity index is 928. The number of aryl methyl sites for hydroxylation is 2. The highest BCUT2D eigenvalue weighted by molar-refractivity contribution is 5.76. The fourth-order valence-corrected chi connectivity index (χ4v) is 3.72. The van der Waals surface area contributed by atoms with Crippen molar-refractivity contribution in [2.45, 2.75) is 44.4 Å². The van der Waals surface area contributed by atoms with Crippen molar-refractivity contribution in [2.75, 3.05) is 6.54 Å². The highest BCUT2D eigenvalue weighted by Crippen LogP contribution is 2.43. The first kappa shape index (κ1) is 18.4. The number of amides is 1. The standard InChI is InChI=1S/C23H25N3O2/c1-17-8-10-18(11-9-17)22-25-21(28-26-22)13-12-20(27)24-16-23(14-5-15-23)19-6-3-2-4-7-19/h2-4,6-11H,5,12-16H2,1H3,(H,24,27). The topological polar surface area (TPSA) is 68.0 Å². The fraction of sp³-hybridized carbons (Fsp3) is 0.348. The van der Waals surface area contributed by atoms with Gasteiger partial charge in [-0.3, -0.25) is 4.79 Å². The largest absolute Gasteiger partial charge is 0.355 e. The summed E-state index contributed by atoms with van der Waals surface area (Å²) in [5.74, 6) is 1.08. The van der Waals surface area contributed by atoms with Gasteiger partial charge >= 0.3 is 0 Å². The van der Waals surface area contributed by atoms with Gasteiger partial charge in [0.1, 0.15) is 0 Å². The van der Waals surface area contributed by atoms with Crippen molar-refractivity contribution in [1.82, 2.24) is 15.5 Å². The van der Waals surface area contributed by atoms with Crippen LogP contribution in [0.3, 0.4) is 0 Å². The average molecular weight is 375 g/mol. The number of carbonyl (C=O) groups is 1. The van der Waals surface area contributed by atoms with Gasteiger partial charge in [-0.1, -0.05) is 71.7 Å². The van der Waals surface area contributed by atoms with Gasteiger partial charge in [0.25, 0.3) is 0 Å². The van der Waals surface area contributed by atoms with Crippen molar-refractivity contribution in [2.24, 2.45) is 0 Å². The normalized spacial score (nSPS) is 15.0. The van der Waals surface area contributed by atoms with Crippen LogP contribution in [0, 0.1) is 6.92 Å². The molecule has 0 aliphatic heterocycles. The highest BCUT2D eigenvalue weighted by atomic mass is 16.5. The van der Waals surface area contributed by atoms with Crippen LogP contribution in [0.15, 0.2) is 59.1 Å². The van der Waals surface area contributed by atoms with Gasteiger partial charge in [0.15, 0.2) is 0 Å². The van der Waals surface area contributed by atoms with Crippen molar-refractivity contribution in [3.63, 3.8) is 0 Å². The summed E-state index contributed by atoms with van der Waals surface area (Å²) in [6.45, 7) is 2.73. The van der Waals surface area contributed by atoms with Crippen LogP contribution in [0.25, 0.3) is 11.4 Å². The molecular weight excluding hydrogens is 350 g/mol. The van der Waals surface area contributed by atoms with Crippen LogP contribution in [0.5, 0.6) is 0 Å². The maximum absolute atomic E-state index is 12.3. The molecule has 3 aromatic rings. The van der Waals surface area contributed by atoms with Gasteiger partial charge in [-0.25, -0.2) is 0 Å². The monoisotopic (exact) mass is 375 g/mol. The highest BCUT2D eigenvalue weighted by Gasteiger charge is 2.38. The molecule has 2 aromatic carbocycles. The van der Waals surface area contributed by atoms with Crippen LogP contribution in [0.1, 0.15) is 42.7 Å². The molecule has 144 valence electrons. The average Bonchev–Trinajstić information content (AvgIpc) is 3.16. The molecule has 1 aliphatic carbocycles. The zero-order chi connectivity index (χ0) is 19.4. The van der Waals surface area contributed by atoms with Gasteiger partial charge < -0.3 is 9.84 Å². The molecule has 5 nitrogen and oxygen atoms in total. The number of nitrogens with zero attached hydrogens (tertiary/aromatic N) is 2. The van der Waals surface area contributed by atoms with Gasteiger partial charge in [-0.15, -0.1) is 0 Å². The lowest BCUT2D eigenvalue weighted by atomic mass is 9.64. The Kier molecular flexibility index (Phi) is 5.24. The summed E-state index contributed by atoms with van der Waals surface area (Å²) in [5, 5.41) is 7.13. The molecule has 1 aromatic heterocycles. The molecule has 28 heavy (non-hydrogen) atoms. The zero-order valence-corrected chi connectivity index (χ0v) is 16.1. The SMILES string of the molecule is Cc1ccc(-c2noc(CCC(=O)NCC3(c4ccccc4)CCC3)n2)cc1. The lowest BCUT2D eigenvalue weighted by Crippen LogP contribution is -2.45. The molecule has 0 unspecified atom stereocenters. The van der Waals surface area contributed by atoms with Gasteiger partial charge in [-0.2, -0.15) is 4.98 Å². The Hall–Kier alpha value is -2.95. The number of aromatic nitrogens is 2. The van der Waals surface area contributed by atoms with E-state index in [4.69, 9.17) is 4.52 Å². The van der Waals surface area contributed by atoms with Gasteiger partial charge in [0.2, 0.25) is 17.6 Å². The van der Waals surface area contributed by atoms with E-state index in [1.165, 1.54) is 17.5 Å². The number of carbonyl (C=O) groups excluding carboxylic acids is 1. The molecule has 1 amide bonds. The summed E-state index contributed by atoms with van der Waals surface area (Å²) in [6.07, 6.45) is 4.26.